The van der Waals surface area contributed by atoms with Gasteiger partial charge in [0.2, 0.25) is 0 Å². The van der Waals surface area contributed by atoms with Crippen LogP contribution in [0.25, 0.3) is 0 Å². The van der Waals surface area contributed by atoms with Crippen LogP contribution >= 0.6 is 0 Å². The van der Waals surface area contributed by atoms with E-state index in [4.69, 9.17) is 10.00 Å². The third-order valence-corrected chi connectivity index (χ3v) is 3.56. The van der Waals surface area contributed by atoms with E-state index < -0.39 is 6.10 Å². The number of pyridine rings is 1. The van der Waals surface area contributed by atoms with Crippen molar-refractivity contribution in [3.63, 3.8) is 0 Å². The Morgan fingerprint density at radius 1 is 1.38 bits per heavy atom. The number of nitriles is 1. The maximum atomic E-state index is 9.85. The molecular weight excluding hydrogens is 268 g/mol. The highest BCUT2D eigenvalue weighted by Crippen LogP contribution is 2.14. The Balaban J connectivity index is 1.78. The summed E-state index contributed by atoms with van der Waals surface area (Å²) in [5.41, 5.74) is 0.580. The molecule has 6 heteroatoms. The van der Waals surface area contributed by atoms with E-state index >= 15 is 0 Å². The van der Waals surface area contributed by atoms with E-state index in [9.17, 15) is 5.11 Å². The molecule has 0 amide bonds. The molecule has 1 saturated heterocycles. The lowest BCUT2D eigenvalue weighted by atomic mass is 10.2. The molecule has 0 aliphatic carbocycles. The highest BCUT2D eigenvalue weighted by molar-refractivity contribution is 5.42. The second kappa shape index (κ2) is 7.93. The molecule has 0 aromatic carbocycles. The van der Waals surface area contributed by atoms with Crippen LogP contribution in [0.1, 0.15) is 12.5 Å². The monoisotopic (exact) mass is 290 g/mol. The van der Waals surface area contributed by atoms with Crippen LogP contribution in [0, 0.1) is 11.3 Å². The van der Waals surface area contributed by atoms with Crippen molar-refractivity contribution in [2.24, 2.45) is 0 Å². The van der Waals surface area contributed by atoms with Gasteiger partial charge in [-0.15, -0.1) is 0 Å². The average Bonchev–Trinajstić information content (AvgIpc) is 2.54. The van der Waals surface area contributed by atoms with Crippen LogP contribution in [-0.2, 0) is 4.74 Å². The third-order valence-electron chi connectivity index (χ3n) is 3.56. The molecule has 1 aliphatic rings. The molecule has 0 bridgehead atoms. The number of piperazine rings is 1. The number of hydrogen-bond donors (Lipinski definition) is 1. The zero-order valence-electron chi connectivity index (χ0n) is 12.4. The molecule has 6 nitrogen and oxygen atoms in total. The van der Waals surface area contributed by atoms with Gasteiger partial charge in [-0.25, -0.2) is 4.98 Å². The van der Waals surface area contributed by atoms with E-state index in [1.165, 1.54) is 0 Å². The Morgan fingerprint density at radius 3 is 2.71 bits per heavy atom. The van der Waals surface area contributed by atoms with Crippen LogP contribution in [-0.4, -0.2) is 67.0 Å². The van der Waals surface area contributed by atoms with Gasteiger partial charge in [0.05, 0.1) is 18.3 Å². The fourth-order valence-corrected chi connectivity index (χ4v) is 2.40. The molecule has 2 heterocycles. The number of ether oxygens (including phenoxy) is 1. The molecule has 1 unspecified atom stereocenters. The van der Waals surface area contributed by atoms with Gasteiger partial charge < -0.3 is 14.7 Å². The minimum Gasteiger partial charge on any atom is -0.389 e. The predicted molar refractivity (Wildman–Crippen MR) is 80.1 cm³/mol. The summed E-state index contributed by atoms with van der Waals surface area (Å²) in [5, 5.41) is 18.6. The Morgan fingerprint density at radius 2 is 2.14 bits per heavy atom. The molecule has 0 saturated carbocycles. The molecule has 21 heavy (non-hydrogen) atoms. The first-order valence-electron chi connectivity index (χ1n) is 7.32. The fraction of sp³-hybridized carbons (Fsp3) is 0.600. The van der Waals surface area contributed by atoms with Gasteiger partial charge in [-0.2, -0.15) is 5.26 Å². The number of aliphatic hydroxyl groups excluding tert-OH is 1. The Hall–Kier alpha value is -1.68. The number of β-amino-alcohol motifs (C(OH)–C–C–N with tert-alkyl or cyclic N) is 1. The number of rotatable bonds is 6. The van der Waals surface area contributed by atoms with Crippen LogP contribution in [0.3, 0.4) is 0 Å². The second-order valence-corrected chi connectivity index (χ2v) is 5.12. The first-order valence-corrected chi connectivity index (χ1v) is 7.32. The van der Waals surface area contributed by atoms with Crippen molar-refractivity contribution >= 4 is 5.82 Å². The van der Waals surface area contributed by atoms with E-state index in [-0.39, 0.29) is 0 Å². The minimum absolute atomic E-state index is 0.397. The molecule has 0 radical (unpaired) electrons. The number of aromatic nitrogens is 1. The largest absolute Gasteiger partial charge is 0.389 e. The number of anilines is 1. The first kappa shape index (κ1) is 15.7. The van der Waals surface area contributed by atoms with E-state index in [0.29, 0.717) is 25.3 Å². The van der Waals surface area contributed by atoms with Gasteiger partial charge in [0, 0.05) is 45.5 Å². The quantitative estimate of drug-likeness (QED) is 0.821. The molecule has 2 rings (SSSR count). The lowest BCUT2D eigenvalue weighted by molar-refractivity contribution is 0.0202. The molecule has 114 valence electrons. The van der Waals surface area contributed by atoms with Crippen molar-refractivity contribution in [3.05, 3.63) is 23.9 Å². The van der Waals surface area contributed by atoms with Gasteiger partial charge in [0.1, 0.15) is 11.9 Å². The number of nitrogens with zero attached hydrogens (tertiary/aromatic N) is 4. The van der Waals surface area contributed by atoms with Gasteiger partial charge in [0.25, 0.3) is 0 Å². The van der Waals surface area contributed by atoms with Crippen LogP contribution in [0.4, 0.5) is 5.82 Å². The van der Waals surface area contributed by atoms with Crippen LogP contribution in [0.5, 0.6) is 0 Å². The molecule has 1 N–H and O–H groups in total. The molecule has 0 spiro atoms. The summed E-state index contributed by atoms with van der Waals surface area (Å²) < 4.78 is 5.23. The molecular formula is C15H22N4O2. The molecule has 1 atom stereocenters. The van der Waals surface area contributed by atoms with Crippen molar-refractivity contribution in [1.82, 2.24) is 9.88 Å². The summed E-state index contributed by atoms with van der Waals surface area (Å²) in [5.74, 6) is 0.906. The molecule has 1 fully saturated rings. The van der Waals surface area contributed by atoms with E-state index in [1.54, 1.807) is 12.3 Å². The highest BCUT2D eigenvalue weighted by atomic mass is 16.5. The molecule has 1 aromatic rings. The van der Waals surface area contributed by atoms with Crippen molar-refractivity contribution in [3.8, 4) is 6.07 Å². The summed E-state index contributed by atoms with van der Waals surface area (Å²) >= 11 is 0. The SMILES string of the molecule is CCOCC(O)CN1CCN(c2ccc(C#N)cn2)CC1. The summed E-state index contributed by atoms with van der Waals surface area (Å²) in [4.78, 5) is 8.76. The highest BCUT2D eigenvalue weighted by Gasteiger charge is 2.20. The summed E-state index contributed by atoms with van der Waals surface area (Å²) in [6.45, 7) is 7.14. The topological polar surface area (TPSA) is 72.6 Å². The Bertz CT molecular complexity index is 464. The van der Waals surface area contributed by atoms with E-state index in [1.807, 2.05) is 13.0 Å². The second-order valence-electron chi connectivity index (χ2n) is 5.12. The molecule has 1 aliphatic heterocycles. The predicted octanol–water partition coefficient (Wildman–Crippen LogP) is 0.473. The van der Waals surface area contributed by atoms with Gasteiger partial charge in [-0.05, 0) is 19.1 Å². The minimum atomic E-state index is -0.426. The number of hydrogen-bond acceptors (Lipinski definition) is 6. The third kappa shape index (κ3) is 4.67. The molecule has 1 aromatic heterocycles. The van der Waals surface area contributed by atoms with Crippen LogP contribution in [0.15, 0.2) is 18.3 Å². The van der Waals surface area contributed by atoms with E-state index in [2.05, 4.69) is 20.9 Å². The van der Waals surface area contributed by atoms with Gasteiger partial charge in [-0.3, -0.25) is 4.90 Å². The first-order chi connectivity index (χ1) is 10.2. The smallest absolute Gasteiger partial charge is 0.128 e. The average molecular weight is 290 g/mol. The lowest BCUT2D eigenvalue weighted by Crippen LogP contribution is -2.49. The number of aliphatic hydroxyl groups is 1. The fourth-order valence-electron chi connectivity index (χ4n) is 2.40. The summed E-state index contributed by atoms with van der Waals surface area (Å²) in [7, 11) is 0. The lowest BCUT2D eigenvalue weighted by Gasteiger charge is -2.36. The Kier molecular flexibility index (Phi) is 5.93. The van der Waals surface area contributed by atoms with Crippen LogP contribution in [0.2, 0.25) is 0 Å². The van der Waals surface area contributed by atoms with Crippen molar-refractivity contribution in [2.45, 2.75) is 13.0 Å². The normalized spacial score (nSPS) is 17.5. The summed E-state index contributed by atoms with van der Waals surface area (Å²) in [6, 6.07) is 5.75. The van der Waals surface area contributed by atoms with Gasteiger partial charge >= 0.3 is 0 Å². The van der Waals surface area contributed by atoms with Crippen LogP contribution < -0.4 is 4.90 Å². The van der Waals surface area contributed by atoms with Gasteiger partial charge in [0.15, 0.2) is 0 Å². The van der Waals surface area contributed by atoms with Gasteiger partial charge in [-0.1, -0.05) is 0 Å². The zero-order chi connectivity index (χ0) is 15.1. The maximum absolute atomic E-state index is 9.85. The van der Waals surface area contributed by atoms with Crippen molar-refractivity contribution in [1.29, 1.82) is 5.26 Å². The van der Waals surface area contributed by atoms with Crippen molar-refractivity contribution < 1.29 is 9.84 Å². The Labute approximate surface area is 125 Å². The summed E-state index contributed by atoms with van der Waals surface area (Å²) in [6.07, 6.45) is 1.18. The standard InChI is InChI=1S/C15H22N4O2/c1-2-21-12-14(20)11-18-5-7-19(8-6-18)15-4-3-13(9-16)10-17-15/h3-4,10,14,20H,2,5-8,11-12H2,1H3. The van der Waals surface area contributed by atoms with E-state index in [0.717, 1.165) is 32.0 Å². The maximum Gasteiger partial charge on any atom is 0.128 e. The van der Waals surface area contributed by atoms with Crippen molar-refractivity contribution in [2.75, 3.05) is 50.8 Å². The zero-order valence-corrected chi connectivity index (χ0v) is 12.4.